The van der Waals surface area contributed by atoms with E-state index in [9.17, 15) is 9.90 Å². The summed E-state index contributed by atoms with van der Waals surface area (Å²) in [5.74, 6) is 0. The fourth-order valence-electron chi connectivity index (χ4n) is 4.95. The van der Waals surface area contributed by atoms with Gasteiger partial charge in [0, 0.05) is 27.5 Å². The van der Waals surface area contributed by atoms with Crippen LogP contribution in [0.3, 0.4) is 0 Å². The number of hydrogen-bond donors (Lipinski definition) is 2. The average molecular weight is 618 g/mol. The van der Waals surface area contributed by atoms with Gasteiger partial charge in [-0.3, -0.25) is 0 Å². The van der Waals surface area contributed by atoms with E-state index >= 15 is 0 Å². The first-order chi connectivity index (χ1) is 19.6. The van der Waals surface area contributed by atoms with Crippen LogP contribution in [0.15, 0.2) is 60.7 Å². The minimum Gasteiger partial charge on any atom is -0.444 e. The van der Waals surface area contributed by atoms with E-state index in [-0.39, 0.29) is 18.4 Å². The number of alkyl carbamates (subject to hydrolysis) is 1. The van der Waals surface area contributed by atoms with Crippen molar-refractivity contribution in [3.63, 3.8) is 0 Å². The fourth-order valence-corrected chi connectivity index (χ4v) is 10.5. The van der Waals surface area contributed by atoms with Crippen molar-refractivity contribution in [2.45, 2.75) is 96.5 Å². The number of hydrogen-bond acceptors (Lipinski definition) is 6. The highest BCUT2D eigenvalue weighted by atomic mass is 28.3. The molecule has 2 aromatic rings. The van der Waals surface area contributed by atoms with Crippen LogP contribution in [0, 0.1) is 0 Å². The second-order valence-corrected chi connectivity index (χ2v) is 24.6. The number of aliphatic hydroxyl groups excluding tert-OH is 1. The molecule has 2 atom stereocenters. The average Bonchev–Trinajstić information content (AvgIpc) is 2.89. The largest absolute Gasteiger partial charge is 0.444 e. The molecule has 0 radical (unpaired) electrons. The Bertz CT molecular complexity index is 1010. The van der Waals surface area contributed by atoms with Gasteiger partial charge in [0.15, 0.2) is 0 Å². The van der Waals surface area contributed by atoms with Gasteiger partial charge in [-0.1, -0.05) is 111 Å². The smallest absolute Gasteiger partial charge is 0.407 e. The molecular formula is C33H55NO6Si2. The van der Waals surface area contributed by atoms with E-state index < -0.39 is 40.0 Å². The van der Waals surface area contributed by atoms with Crippen LogP contribution in [-0.2, 0) is 18.9 Å². The van der Waals surface area contributed by atoms with Crippen molar-refractivity contribution < 1.29 is 28.8 Å². The van der Waals surface area contributed by atoms with Crippen molar-refractivity contribution in [3.8, 4) is 0 Å². The van der Waals surface area contributed by atoms with Crippen LogP contribution in [0.1, 0.15) is 48.0 Å². The van der Waals surface area contributed by atoms with E-state index in [4.69, 9.17) is 18.9 Å². The number of aliphatic hydroxyl groups is 1. The number of benzene rings is 2. The summed E-state index contributed by atoms with van der Waals surface area (Å²) in [7, 11) is -3.76. The molecule has 0 saturated carbocycles. The minimum absolute atomic E-state index is 0.0930. The molecule has 42 heavy (non-hydrogen) atoms. The topological polar surface area (TPSA) is 86.3 Å². The van der Waals surface area contributed by atoms with Gasteiger partial charge < -0.3 is 29.4 Å². The first-order valence-corrected chi connectivity index (χ1v) is 21.0. The number of nitrogens with one attached hydrogen (secondary N) is 1. The Morgan fingerprint density at radius 2 is 1.40 bits per heavy atom. The van der Waals surface area contributed by atoms with E-state index in [1.165, 1.54) is 10.4 Å². The summed E-state index contributed by atoms with van der Waals surface area (Å²) in [5.41, 5.74) is -0.587. The highest BCUT2D eigenvalue weighted by Crippen LogP contribution is 2.36. The molecule has 0 aromatic heterocycles. The van der Waals surface area contributed by atoms with Gasteiger partial charge in [-0.2, -0.15) is 0 Å². The zero-order chi connectivity index (χ0) is 31.4. The van der Waals surface area contributed by atoms with Gasteiger partial charge in [0.2, 0.25) is 0 Å². The maximum Gasteiger partial charge on any atom is 0.407 e. The SMILES string of the molecule is CC(C)(C)OC(=O)NCCC(OCOCC[Si](C)(C)C)C(CO)OC[Si](c1ccccc1)(c1ccccc1)C(C)(C)C. The van der Waals surface area contributed by atoms with Crippen LogP contribution < -0.4 is 15.7 Å². The third-order valence-electron chi connectivity index (χ3n) is 7.38. The van der Waals surface area contributed by atoms with Gasteiger partial charge in [-0.15, -0.1) is 0 Å². The van der Waals surface area contributed by atoms with E-state index in [0.29, 0.717) is 25.8 Å². The zero-order valence-corrected chi connectivity index (χ0v) is 29.4. The highest BCUT2D eigenvalue weighted by molar-refractivity contribution is 7.04. The third kappa shape index (κ3) is 11.6. The standard InChI is InChI=1S/C33H55NO6Si2/c1-32(2,3)40-31(36)34-21-20-29(38-25-37-22-23-41(7,8)9)30(24-35)39-26-42(33(4,5)6,27-16-12-10-13-17-27)28-18-14-11-15-19-28/h10-19,29-30,35H,20-26H2,1-9H3,(H,34,36). The normalized spacial score (nSPS) is 14.3. The van der Waals surface area contributed by atoms with Gasteiger partial charge in [-0.05, 0) is 38.3 Å². The van der Waals surface area contributed by atoms with E-state index in [2.05, 4.69) is 94.3 Å². The summed E-state index contributed by atoms with van der Waals surface area (Å²) in [5, 5.41) is 15.8. The van der Waals surface area contributed by atoms with E-state index in [1.807, 2.05) is 32.9 Å². The summed E-state index contributed by atoms with van der Waals surface area (Å²) in [6.45, 7) is 20.1. The van der Waals surface area contributed by atoms with Crippen molar-refractivity contribution >= 4 is 32.6 Å². The molecule has 0 aliphatic carbocycles. The van der Waals surface area contributed by atoms with Crippen LogP contribution in [0.25, 0.3) is 0 Å². The van der Waals surface area contributed by atoms with Gasteiger partial charge in [-0.25, -0.2) is 4.79 Å². The lowest BCUT2D eigenvalue weighted by Crippen LogP contribution is -2.68. The molecule has 0 aliphatic rings. The Morgan fingerprint density at radius 1 is 0.857 bits per heavy atom. The number of carbonyl (C=O) groups is 1. The lowest BCUT2D eigenvalue weighted by Gasteiger charge is -2.44. The quantitative estimate of drug-likeness (QED) is 0.145. The molecular weight excluding hydrogens is 563 g/mol. The van der Waals surface area contributed by atoms with Gasteiger partial charge in [0.05, 0.1) is 12.7 Å². The van der Waals surface area contributed by atoms with E-state index in [1.54, 1.807) is 0 Å². The van der Waals surface area contributed by atoms with Crippen molar-refractivity contribution in [1.82, 2.24) is 5.32 Å². The Balaban J connectivity index is 2.28. The molecule has 0 saturated heterocycles. The third-order valence-corrected chi connectivity index (χ3v) is 14.9. The van der Waals surface area contributed by atoms with Gasteiger partial charge in [0.25, 0.3) is 0 Å². The van der Waals surface area contributed by atoms with Crippen molar-refractivity contribution in [2.24, 2.45) is 0 Å². The molecule has 0 spiro atoms. The maximum atomic E-state index is 12.3. The number of rotatable bonds is 16. The van der Waals surface area contributed by atoms with E-state index in [0.717, 1.165) is 6.04 Å². The molecule has 2 N–H and O–H groups in total. The first kappa shape index (κ1) is 36.2. The molecule has 1 amide bonds. The van der Waals surface area contributed by atoms with Crippen LogP contribution >= 0.6 is 0 Å². The number of carbonyl (C=O) groups excluding carboxylic acids is 1. The predicted molar refractivity (Wildman–Crippen MR) is 177 cm³/mol. The lowest BCUT2D eigenvalue weighted by molar-refractivity contribution is -0.142. The first-order valence-electron chi connectivity index (χ1n) is 15.1. The lowest BCUT2D eigenvalue weighted by atomic mass is 10.1. The van der Waals surface area contributed by atoms with Crippen LogP contribution in [0.2, 0.25) is 30.7 Å². The molecule has 0 bridgehead atoms. The van der Waals surface area contributed by atoms with Gasteiger partial charge >= 0.3 is 6.09 Å². The van der Waals surface area contributed by atoms with Crippen LogP contribution in [0.4, 0.5) is 4.79 Å². The second-order valence-electron chi connectivity index (χ2n) is 14.2. The Morgan fingerprint density at radius 3 is 1.86 bits per heavy atom. The van der Waals surface area contributed by atoms with Crippen LogP contribution in [0.5, 0.6) is 0 Å². The van der Waals surface area contributed by atoms with Crippen molar-refractivity contribution in [1.29, 1.82) is 0 Å². The summed E-state index contributed by atoms with van der Waals surface area (Å²) in [6, 6.07) is 22.3. The second kappa shape index (κ2) is 16.2. The Kier molecular flexibility index (Phi) is 13.9. The van der Waals surface area contributed by atoms with Crippen molar-refractivity contribution in [3.05, 3.63) is 60.7 Å². The Labute approximate surface area is 256 Å². The molecule has 9 heteroatoms. The molecule has 7 nitrogen and oxygen atoms in total. The molecule has 0 aliphatic heterocycles. The molecule has 2 unspecified atom stereocenters. The molecule has 236 valence electrons. The molecule has 2 rings (SSSR count). The summed E-state index contributed by atoms with van der Waals surface area (Å²) < 4.78 is 24.1. The highest BCUT2D eigenvalue weighted by Gasteiger charge is 2.48. The monoisotopic (exact) mass is 617 g/mol. The number of amides is 1. The molecule has 0 heterocycles. The fraction of sp³-hybridized carbons (Fsp3) is 0.606. The summed E-state index contributed by atoms with van der Waals surface area (Å²) >= 11 is 0. The minimum atomic E-state index is -2.52. The van der Waals surface area contributed by atoms with Crippen molar-refractivity contribution in [2.75, 3.05) is 32.8 Å². The summed E-state index contributed by atoms with van der Waals surface area (Å²) in [4.78, 5) is 12.3. The zero-order valence-electron chi connectivity index (χ0n) is 27.4. The Hall–Kier alpha value is -2.02. The number of ether oxygens (including phenoxy) is 4. The molecule has 2 aromatic carbocycles. The summed E-state index contributed by atoms with van der Waals surface area (Å²) in [6.07, 6.45) is -0.683. The van der Waals surface area contributed by atoms with Gasteiger partial charge in [0.1, 0.15) is 26.6 Å². The maximum absolute atomic E-state index is 12.3. The predicted octanol–water partition coefficient (Wildman–Crippen LogP) is 5.58. The molecule has 0 fully saturated rings. The van der Waals surface area contributed by atoms with Crippen LogP contribution in [-0.4, -0.2) is 77.9 Å².